The van der Waals surface area contributed by atoms with E-state index >= 15 is 0 Å². The van der Waals surface area contributed by atoms with Crippen LogP contribution in [0.15, 0.2) is 30.3 Å². The average Bonchev–Trinajstić information content (AvgIpc) is 3.05. The number of urea groups is 1. The molecule has 1 aromatic carbocycles. The Labute approximate surface area is 140 Å². The predicted molar refractivity (Wildman–Crippen MR) is 93.2 cm³/mol. The molecule has 0 aliphatic carbocycles. The summed E-state index contributed by atoms with van der Waals surface area (Å²) in [5, 5.41) is 8.22. The Balaban J connectivity index is 1.84. The average molecular weight is 348 g/mol. The molecule has 2 amide bonds. The number of fused-ring (bicyclic) bond motifs is 1. The molecule has 1 aliphatic heterocycles. The second kappa shape index (κ2) is 6.37. The van der Waals surface area contributed by atoms with E-state index in [0.29, 0.717) is 18.7 Å². The van der Waals surface area contributed by atoms with Gasteiger partial charge in [-0.3, -0.25) is 4.98 Å². The van der Waals surface area contributed by atoms with E-state index < -0.39 is 15.3 Å². The van der Waals surface area contributed by atoms with Gasteiger partial charge in [0.15, 0.2) is 0 Å². The van der Waals surface area contributed by atoms with Gasteiger partial charge in [-0.1, -0.05) is 25.1 Å². The van der Waals surface area contributed by atoms with Crippen LogP contribution in [0.5, 0.6) is 0 Å². The molecule has 24 heavy (non-hydrogen) atoms. The molecular formula is C16H20N4O3S. The molecule has 0 saturated carbocycles. The molecule has 1 unspecified atom stereocenters. The highest BCUT2D eigenvalue weighted by atomic mass is 32.2. The molecule has 128 valence electrons. The fourth-order valence-electron chi connectivity index (χ4n) is 2.89. The molecule has 1 fully saturated rings. The molecule has 1 saturated heterocycles. The number of primary sulfonamides is 1. The Morgan fingerprint density at radius 2 is 2.17 bits per heavy atom. The fourth-order valence-corrected chi connectivity index (χ4v) is 3.71. The zero-order chi connectivity index (χ0) is 17.3. The number of para-hydroxylation sites is 1. The lowest BCUT2D eigenvalue weighted by Crippen LogP contribution is -2.36. The van der Waals surface area contributed by atoms with Crippen molar-refractivity contribution in [1.82, 2.24) is 9.88 Å². The number of hydrogen-bond acceptors (Lipinski definition) is 4. The highest BCUT2D eigenvalue weighted by Crippen LogP contribution is 2.24. The van der Waals surface area contributed by atoms with Crippen molar-refractivity contribution in [3.8, 4) is 0 Å². The molecular weight excluding hydrogens is 328 g/mol. The number of nitrogens with zero attached hydrogens (tertiary/aromatic N) is 2. The third kappa shape index (κ3) is 3.34. The van der Waals surface area contributed by atoms with Crippen molar-refractivity contribution in [3.63, 3.8) is 0 Å². The number of pyridine rings is 1. The van der Waals surface area contributed by atoms with Gasteiger partial charge < -0.3 is 10.2 Å². The number of nitrogens with one attached hydrogen (secondary N) is 1. The van der Waals surface area contributed by atoms with Gasteiger partial charge in [0.05, 0.1) is 16.5 Å². The molecule has 1 atom stereocenters. The van der Waals surface area contributed by atoms with E-state index in [9.17, 15) is 13.2 Å². The first-order valence-electron chi connectivity index (χ1n) is 7.84. The van der Waals surface area contributed by atoms with Crippen molar-refractivity contribution >= 4 is 32.6 Å². The zero-order valence-corrected chi connectivity index (χ0v) is 14.2. The molecule has 2 aromatic rings. The van der Waals surface area contributed by atoms with Crippen LogP contribution < -0.4 is 10.5 Å². The number of amides is 2. The third-order valence-corrected chi connectivity index (χ3v) is 5.58. The van der Waals surface area contributed by atoms with Crippen molar-refractivity contribution < 1.29 is 13.2 Å². The SMILES string of the molecule is CCc1cc(NC(=O)N2CCC(S(N)(=O)=O)C2)c2ccccc2n1. The maximum Gasteiger partial charge on any atom is 0.321 e. The second-order valence-corrected chi connectivity index (χ2v) is 7.75. The number of carbonyl (C=O) groups excluding carboxylic acids is 1. The molecule has 8 heteroatoms. The van der Waals surface area contributed by atoms with E-state index in [1.807, 2.05) is 37.3 Å². The molecule has 1 aliphatic rings. The lowest BCUT2D eigenvalue weighted by molar-refractivity contribution is 0.222. The Morgan fingerprint density at radius 1 is 1.42 bits per heavy atom. The summed E-state index contributed by atoms with van der Waals surface area (Å²) >= 11 is 0. The lowest BCUT2D eigenvalue weighted by atomic mass is 10.1. The molecule has 3 N–H and O–H groups in total. The summed E-state index contributed by atoms with van der Waals surface area (Å²) in [7, 11) is -3.62. The van der Waals surface area contributed by atoms with Gasteiger partial charge in [-0.15, -0.1) is 0 Å². The summed E-state index contributed by atoms with van der Waals surface area (Å²) in [6.07, 6.45) is 1.12. The fraction of sp³-hybridized carbons (Fsp3) is 0.375. The van der Waals surface area contributed by atoms with Crippen molar-refractivity contribution in [2.75, 3.05) is 18.4 Å². The molecule has 7 nitrogen and oxygen atoms in total. The van der Waals surface area contributed by atoms with Crippen LogP contribution in [0, 0.1) is 0 Å². The summed E-state index contributed by atoms with van der Waals surface area (Å²) in [4.78, 5) is 18.5. The Hall–Kier alpha value is -2.19. The predicted octanol–water partition coefficient (Wildman–Crippen LogP) is 1.69. The maximum absolute atomic E-state index is 12.5. The van der Waals surface area contributed by atoms with Crippen LogP contribution in [-0.4, -0.2) is 42.7 Å². The van der Waals surface area contributed by atoms with E-state index in [4.69, 9.17) is 5.14 Å². The van der Waals surface area contributed by atoms with Crippen molar-refractivity contribution in [3.05, 3.63) is 36.0 Å². The van der Waals surface area contributed by atoms with Crippen LogP contribution in [0.1, 0.15) is 19.0 Å². The van der Waals surface area contributed by atoms with E-state index in [1.54, 1.807) is 0 Å². The number of anilines is 1. The molecule has 2 heterocycles. The molecule has 1 aromatic heterocycles. The summed E-state index contributed by atoms with van der Waals surface area (Å²) in [5.41, 5.74) is 2.38. The van der Waals surface area contributed by atoms with Gasteiger partial charge in [0.2, 0.25) is 10.0 Å². The minimum Gasteiger partial charge on any atom is -0.323 e. The second-order valence-electron chi connectivity index (χ2n) is 5.91. The summed E-state index contributed by atoms with van der Waals surface area (Å²) in [6.45, 7) is 2.49. The minimum absolute atomic E-state index is 0.119. The van der Waals surface area contributed by atoms with Gasteiger partial charge in [0.1, 0.15) is 0 Å². The van der Waals surface area contributed by atoms with Crippen LogP contribution in [0.3, 0.4) is 0 Å². The number of aryl methyl sites for hydroxylation is 1. The highest BCUT2D eigenvalue weighted by molar-refractivity contribution is 7.89. The smallest absolute Gasteiger partial charge is 0.321 e. The van der Waals surface area contributed by atoms with Gasteiger partial charge in [0.25, 0.3) is 0 Å². The number of likely N-dealkylation sites (tertiary alicyclic amines) is 1. The number of carbonyl (C=O) groups is 1. The van der Waals surface area contributed by atoms with Gasteiger partial charge in [-0.2, -0.15) is 0 Å². The number of rotatable bonds is 3. The third-order valence-electron chi connectivity index (χ3n) is 4.27. The molecule has 0 bridgehead atoms. The van der Waals surface area contributed by atoms with Crippen LogP contribution in [0.25, 0.3) is 10.9 Å². The van der Waals surface area contributed by atoms with E-state index in [2.05, 4.69) is 10.3 Å². The number of nitrogens with two attached hydrogens (primary N) is 1. The zero-order valence-electron chi connectivity index (χ0n) is 13.4. The Kier molecular flexibility index (Phi) is 4.42. The van der Waals surface area contributed by atoms with Gasteiger partial charge >= 0.3 is 6.03 Å². The largest absolute Gasteiger partial charge is 0.323 e. The highest BCUT2D eigenvalue weighted by Gasteiger charge is 2.33. The first-order valence-corrected chi connectivity index (χ1v) is 9.45. The van der Waals surface area contributed by atoms with Crippen LogP contribution in [0.2, 0.25) is 0 Å². The molecule has 3 rings (SSSR count). The minimum atomic E-state index is -3.62. The number of hydrogen-bond donors (Lipinski definition) is 2. The topological polar surface area (TPSA) is 105 Å². The standard InChI is InChI=1S/C16H20N4O3S/c1-2-11-9-15(13-5-3-4-6-14(13)18-11)19-16(21)20-8-7-12(10-20)24(17,22)23/h3-6,9,12H,2,7-8,10H2,1H3,(H2,17,22,23)(H,18,19,21). The summed E-state index contributed by atoms with van der Waals surface area (Å²) in [6, 6.07) is 9.12. The number of aromatic nitrogens is 1. The summed E-state index contributed by atoms with van der Waals surface area (Å²) < 4.78 is 22.9. The molecule has 0 radical (unpaired) electrons. The summed E-state index contributed by atoms with van der Waals surface area (Å²) in [5.74, 6) is 0. The first-order chi connectivity index (χ1) is 11.4. The van der Waals surface area contributed by atoms with E-state index in [0.717, 1.165) is 23.0 Å². The van der Waals surface area contributed by atoms with Crippen LogP contribution >= 0.6 is 0 Å². The van der Waals surface area contributed by atoms with Crippen molar-refractivity contribution in [1.29, 1.82) is 0 Å². The van der Waals surface area contributed by atoms with Crippen LogP contribution in [0.4, 0.5) is 10.5 Å². The number of sulfonamides is 1. The van der Waals surface area contributed by atoms with Gasteiger partial charge in [-0.25, -0.2) is 18.4 Å². The maximum atomic E-state index is 12.5. The Bertz CT molecular complexity index is 882. The van der Waals surface area contributed by atoms with Gasteiger partial charge in [-0.05, 0) is 25.0 Å². The first kappa shape index (κ1) is 16.7. The van der Waals surface area contributed by atoms with E-state index in [1.165, 1.54) is 4.90 Å². The van der Waals surface area contributed by atoms with E-state index in [-0.39, 0.29) is 12.6 Å². The van der Waals surface area contributed by atoms with Gasteiger partial charge in [0, 0.05) is 24.2 Å². The quantitative estimate of drug-likeness (QED) is 0.880. The normalized spacial score (nSPS) is 18.1. The van der Waals surface area contributed by atoms with Crippen molar-refractivity contribution in [2.24, 2.45) is 5.14 Å². The van der Waals surface area contributed by atoms with Crippen LogP contribution in [-0.2, 0) is 16.4 Å². The van der Waals surface area contributed by atoms with Crippen molar-refractivity contribution in [2.45, 2.75) is 25.0 Å². The lowest BCUT2D eigenvalue weighted by Gasteiger charge is -2.18. The Morgan fingerprint density at radius 3 is 2.83 bits per heavy atom. The molecule has 0 spiro atoms. The number of benzene rings is 1. The monoisotopic (exact) mass is 348 g/mol.